The molecule has 0 fully saturated rings. The molecule has 1 N–H and O–H groups in total. The molecular formula is C8H17FO. The van der Waals surface area contributed by atoms with Crippen LogP contribution < -0.4 is 0 Å². The van der Waals surface area contributed by atoms with Gasteiger partial charge in [-0.25, -0.2) is 4.39 Å². The molecule has 0 radical (unpaired) electrons. The van der Waals surface area contributed by atoms with Gasteiger partial charge in [-0.2, -0.15) is 0 Å². The molecule has 0 saturated carbocycles. The maximum atomic E-state index is 12.2. The largest absolute Gasteiger partial charge is 0.387 e. The van der Waals surface area contributed by atoms with E-state index in [2.05, 4.69) is 0 Å². The Balaban J connectivity index is 3.69. The van der Waals surface area contributed by atoms with Crippen molar-refractivity contribution in [1.82, 2.24) is 0 Å². The molecule has 0 atom stereocenters. The third-order valence-corrected chi connectivity index (χ3v) is 1.68. The molecule has 62 valence electrons. The zero-order valence-electron chi connectivity index (χ0n) is 6.86. The van der Waals surface area contributed by atoms with E-state index in [1.807, 2.05) is 13.8 Å². The van der Waals surface area contributed by atoms with E-state index >= 15 is 0 Å². The molecule has 0 unspecified atom stereocenters. The van der Waals surface area contributed by atoms with Gasteiger partial charge in [0.25, 0.3) is 0 Å². The third-order valence-electron chi connectivity index (χ3n) is 1.68. The molecule has 10 heavy (non-hydrogen) atoms. The van der Waals surface area contributed by atoms with Crippen LogP contribution in [0.2, 0.25) is 0 Å². The minimum absolute atomic E-state index is 0.581. The van der Waals surface area contributed by atoms with Crippen LogP contribution in [0.4, 0.5) is 4.39 Å². The fraction of sp³-hybridized carbons (Fsp3) is 1.00. The number of rotatable bonds is 5. The maximum Gasteiger partial charge on any atom is 0.118 e. The fourth-order valence-electron chi connectivity index (χ4n) is 1.19. The Kier molecular flexibility index (Phi) is 4.62. The molecule has 2 heteroatoms. The summed E-state index contributed by atoms with van der Waals surface area (Å²) in [5.41, 5.74) is -1.02. The molecule has 0 heterocycles. The zero-order valence-corrected chi connectivity index (χ0v) is 6.86. The van der Waals surface area contributed by atoms with Gasteiger partial charge in [-0.15, -0.1) is 0 Å². The summed E-state index contributed by atoms with van der Waals surface area (Å²) in [4.78, 5) is 0. The lowest BCUT2D eigenvalue weighted by Gasteiger charge is -2.23. The summed E-state index contributed by atoms with van der Waals surface area (Å²) >= 11 is 0. The monoisotopic (exact) mass is 148 g/mol. The molecule has 0 bridgehead atoms. The van der Waals surface area contributed by atoms with Gasteiger partial charge in [-0.05, 0) is 12.8 Å². The van der Waals surface area contributed by atoms with Gasteiger partial charge >= 0.3 is 0 Å². The van der Waals surface area contributed by atoms with E-state index in [0.29, 0.717) is 12.8 Å². The van der Waals surface area contributed by atoms with Crippen molar-refractivity contribution in [3.05, 3.63) is 0 Å². The summed E-state index contributed by atoms with van der Waals surface area (Å²) in [6.07, 6.45) is 2.86. The lowest BCUT2D eigenvalue weighted by molar-refractivity contribution is -0.00161. The molecule has 0 aliphatic rings. The molecule has 0 spiro atoms. The van der Waals surface area contributed by atoms with Crippen LogP contribution in [0.25, 0.3) is 0 Å². The van der Waals surface area contributed by atoms with Crippen molar-refractivity contribution in [2.75, 3.05) is 6.67 Å². The molecule has 0 aliphatic heterocycles. The number of halogens is 1. The Morgan fingerprint density at radius 1 is 1.20 bits per heavy atom. The van der Waals surface area contributed by atoms with Gasteiger partial charge in [0.05, 0.1) is 5.60 Å². The highest BCUT2D eigenvalue weighted by Crippen LogP contribution is 2.19. The Morgan fingerprint density at radius 3 is 1.80 bits per heavy atom. The Hall–Kier alpha value is -0.110. The molecule has 1 nitrogen and oxygen atoms in total. The van der Waals surface area contributed by atoms with Crippen LogP contribution in [0, 0.1) is 0 Å². The summed E-state index contributed by atoms with van der Waals surface area (Å²) < 4.78 is 12.2. The van der Waals surface area contributed by atoms with Crippen molar-refractivity contribution in [3.63, 3.8) is 0 Å². The summed E-state index contributed by atoms with van der Waals surface area (Å²) in [6, 6.07) is 0. The number of hydrogen-bond donors (Lipinski definition) is 1. The van der Waals surface area contributed by atoms with Crippen molar-refractivity contribution in [3.8, 4) is 0 Å². The first kappa shape index (κ1) is 9.89. The minimum Gasteiger partial charge on any atom is -0.387 e. The molecule has 0 aromatic carbocycles. The Morgan fingerprint density at radius 2 is 1.60 bits per heavy atom. The van der Waals surface area contributed by atoms with Gasteiger partial charge < -0.3 is 5.11 Å². The van der Waals surface area contributed by atoms with Crippen LogP contribution in [0.15, 0.2) is 0 Å². The topological polar surface area (TPSA) is 20.2 Å². The van der Waals surface area contributed by atoms with Crippen molar-refractivity contribution >= 4 is 0 Å². The zero-order chi connectivity index (χ0) is 8.04. The molecule has 0 aromatic heterocycles. The predicted octanol–water partition coefficient (Wildman–Crippen LogP) is 2.29. The first-order chi connectivity index (χ1) is 4.68. The van der Waals surface area contributed by atoms with Crippen molar-refractivity contribution in [1.29, 1.82) is 0 Å². The number of hydrogen-bond acceptors (Lipinski definition) is 1. The smallest absolute Gasteiger partial charge is 0.118 e. The molecule has 0 rings (SSSR count). The Labute approximate surface area is 62.3 Å². The highest BCUT2D eigenvalue weighted by molar-refractivity contribution is 4.75. The average molecular weight is 148 g/mol. The number of aliphatic hydroxyl groups is 1. The lowest BCUT2D eigenvalue weighted by Crippen LogP contribution is -2.30. The normalized spacial score (nSPS) is 12.0. The van der Waals surface area contributed by atoms with Crippen molar-refractivity contribution in [2.24, 2.45) is 0 Å². The van der Waals surface area contributed by atoms with Crippen molar-refractivity contribution < 1.29 is 9.50 Å². The van der Waals surface area contributed by atoms with Gasteiger partial charge in [0.1, 0.15) is 6.67 Å². The van der Waals surface area contributed by atoms with Crippen LogP contribution in [0.5, 0.6) is 0 Å². The van der Waals surface area contributed by atoms with Gasteiger partial charge in [-0.1, -0.05) is 26.7 Å². The molecule has 0 amide bonds. The van der Waals surface area contributed by atoms with E-state index in [0.717, 1.165) is 12.8 Å². The fourth-order valence-corrected chi connectivity index (χ4v) is 1.19. The predicted molar refractivity (Wildman–Crippen MR) is 40.7 cm³/mol. The van der Waals surface area contributed by atoms with E-state index in [1.165, 1.54) is 0 Å². The second-order valence-corrected chi connectivity index (χ2v) is 2.86. The molecule has 0 aromatic rings. The first-order valence-electron chi connectivity index (χ1n) is 3.97. The van der Waals surface area contributed by atoms with Crippen LogP contribution >= 0.6 is 0 Å². The van der Waals surface area contributed by atoms with E-state index in [9.17, 15) is 9.50 Å². The van der Waals surface area contributed by atoms with Crippen molar-refractivity contribution in [2.45, 2.75) is 45.1 Å². The maximum absolute atomic E-state index is 12.2. The van der Waals surface area contributed by atoms with Crippen LogP contribution in [0.3, 0.4) is 0 Å². The average Bonchev–Trinajstić information content (AvgIpc) is 1.89. The minimum atomic E-state index is -1.02. The SMILES string of the molecule is CCCC(O)(CF)CCC. The summed E-state index contributed by atoms with van der Waals surface area (Å²) in [7, 11) is 0. The second-order valence-electron chi connectivity index (χ2n) is 2.86. The summed E-state index contributed by atoms with van der Waals surface area (Å²) in [6.45, 7) is 3.31. The van der Waals surface area contributed by atoms with E-state index in [1.54, 1.807) is 0 Å². The van der Waals surface area contributed by atoms with Gasteiger partial charge in [-0.3, -0.25) is 0 Å². The third kappa shape index (κ3) is 3.16. The van der Waals surface area contributed by atoms with Gasteiger partial charge in [0, 0.05) is 0 Å². The molecule has 0 saturated heterocycles. The summed E-state index contributed by atoms with van der Waals surface area (Å²) in [5, 5.41) is 9.44. The van der Waals surface area contributed by atoms with E-state index in [4.69, 9.17) is 0 Å². The first-order valence-corrected chi connectivity index (χ1v) is 3.97. The lowest BCUT2D eigenvalue weighted by atomic mass is 9.94. The van der Waals surface area contributed by atoms with Crippen LogP contribution in [-0.2, 0) is 0 Å². The van der Waals surface area contributed by atoms with E-state index in [-0.39, 0.29) is 0 Å². The second kappa shape index (κ2) is 4.67. The number of alkyl halides is 1. The van der Waals surface area contributed by atoms with Gasteiger partial charge in [0.15, 0.2) is 0 Å². The van der Waals surface area contributed by atoms with Crippen LogP contribution in [-0.4, -0.2) is 17.4 Å². The van der Waals surface area contributed by atoms with Gasteiger partial charge in [0.2, 0.25) is 0 Å². The molecule has 0 aliphatic carbocycles. The highest BCUT2D eigenvalue weighted by Gasteiger charge is 2.23. The highest BCUT2D eigenvalue weighted by atomic mass is 19.1. The standard InChI is InChI=1S/C8H17FO/c1-3-5-8(10,7-9)6-4-2/h10H,3-7H2,1-2H3. The quantitative estimate of drug-likeness (QED) is 0.634. The Bertz CT molecular complexity index is 77.3. The summed E-state index contributed by atoms with van der Waals surface area (Å²) in [5.74, 6) is 0. The molecular weight excluding hydrogens is 131 g/mol. The van der Waals surface area contributed by atoms with E-state index < -0.39 is 12.3 Å². The van der Waals surface area contributed by atoms with Crippen LogP contribution in [0.1, 0.15) is 39.5 Å².